The Hall–Kier alpha value is -1.81. The number of carbonyl (C=O) groups is 1. The van der Waals surface area contributed by atoms with E-state index in [4.69, 9.17) is 27.1 Å². The summed E-state index contributed by atoms with van der Waals surface area (Å²) in [5, 5.41) is 1.70. The molecule has 132 valence electrons. The number of nitrogens with zero attached hydrogens (tertiary/aromatic N) is 1. The van der Waals surface area contributed by atoms with Gasteiger partial charge in [-0.15, -0.1) is 0 Å². The summed E-state index contributed by atoms with van der Waals surface area (Å²) in [6, 6.07) is 5.76. The molecule has 1 aromatic carbocycles. The molecule has 3 unspecified atom stereocenters. The van der Waals surface area contributed by atoms with Crippen LogP contribution in [0.25, 0.3) is 10.9 Å². The summed E-state index contributed by atoms with van der Waals surface area (Å²) in [4.78, 5) is 15.9. The summed E-state index contributed by atoms with van der Waals surface area (Å²) in [5.74, 6) is 1.52. The van der Waals surface area contributed by atoms with Gasteiger partial charge in [0.2, 0.25) is 0 Å². The van der Waals surface area contributed by atoms with Gasteiger partial charge in [0.05, 0.1) is 12.1 Å². The van der Waals surface area contributed by atoms with E-state index in [1.807, 2.05) is 18.2 Å². The maximum Gasteiger partial charge on any atom is 0.302 e. The van der Waals surface area contributed by atoms with E-state index in [2.05, 4.69) is 0 Å². The molecule has 2 aliphatic rings. The van der Waals surface area contributed by atoms with Crippen molar-refractivity contribution in [2.45, 2.75) is 44.9 Å². The van der Waals surface area contributed by atoms with Gasteiger partial charge < -0.3 is 10.5 Å². The van der Waals surface area contributed by atoms with Crippen LogP contribution in [0.15, 0.2) is 18.2 Å². The Balaban J connectivity index is 1.63. The highest BCUT2D eigenvalue weighted by Gasteiger charge is 2.37. The summed E-state index contributed by atoms with van der Waals surface area (Å²) < 4.78 is 5.14. The molecule has 4 nitrogen and oxygen atoms in total. The quantitative estimate of drug-likeness (QED) is 0.821. The van der Waals surface area contributed by atoms with Gasteiger partial charge in [0.25, 0.3) is 0 Å². The van der Waals surface area contributed by atoms with Gasteiger partial charge in [-0.3, -0.25) is 9.78 Å². The molecule has 1 heterocycles. The molecule has 2 aliphatic carbocycles. The molecule has 0 amide bonds. The molecule has 1 saturated carbocycles. The van der Waals surface area contributed by atoms with Crippen LogP contribution in [-0.4, -0.2) is 17.6 Å². The number of hydrogen-bond acceptors (Lipinski definition) is 4. The van der Waals surface area contributed by atoms with E-state index >= 15 is 0 Å². The Morgan fingerprint density at radius 2 is 2.20 bits per heavy atom. The Kier molecular flexibility index (Phi) is 4.32. The van der Waals surface area contributed by atoms with Crippen molar-refractivity contribution >= 4 is 34.2 Å². The van der Waals surface area contributed by atoms with E-state index in [1.54, 1.807) is 0 Å². The number of nitrogen functional groups attached to an aromatic ring is 1. The number of fused-ring (bicyclic) bond motifs is 5. The molecule has 0 saturated heterocycles. The van der Waals surface area contributed by atoms with E-state index in [0.29, 0.717) is 29.4 Å². The standard InChI is InChI=1S/C20H23ClN2O2/c1-11(24)25-5-4-12-6-13-8-14(7-12)19-18(9-13)23-17-10-15(21)2-3-16(17)20(19)22/h2-3,10,12-14H,4-9H2,1H3,(H2,22,23). The van der Waals surface area contributed by atoms with Crippen molar-refractivity contribution < 1.29 is 9.53 Å². The molecule has 0 radical (unpaired) electrons. The van der Waals surface area contributed by atoms with Crippen molar-refractivity contribution in [3.8, 4) is 0 Å². The molecule has 5 heteroatoms. The van der Waals surface area contributed by atoms with E-state index in [1.165, 1.54) is 25.3 Å². The fraction of sp³-hybridized carbons (Fsp3) is 0.500. The number of anilines is 1. The topological polar surface area (TPSA) is 65.2 Å². The summed E-state index contributed by atoms with van der Waals surface area (Å²) in [6.45, 7) is 1.99. The number of pyridine rings is 1. The van der Waals surface area contributed by atoms with Crippen molar-refractivity contribution in [2.24, 2.45) is 11.8 Å². The fourth-order valence-corrected chi connectivity index (χ4v) is 4.95. The van der Waals surface area contributed by atoms with E-state index in [-0.39, 0.29) is 5.97 Å². The van der Waals surface area contributed by atoms with E-state index < -0.39 is 0 Å². The van der Waals surface area contributed by atoms with Gasteiger partial charge >= 0.3 is 5.97 Å². The van der Waals surface area contributed by atoms with Crippen LogP contribution in [0, 0.1) is 11.8 Å². The first-order chi connectivity index (χ1) is 12.0. The highest BCUT2D eigenvalue weighted by Crippen LogP contribution is 2.49. The van der Waals surface area contributed by atoms with Gasteiger partial charge in [0.15, 0.2) is 0 Å². The van der Waals surface area contributed by atoms with Crippen LogP contribution in [0.1, 0.15) is 49.8 Å². The highest BCUT2D eigenvalue weighted by molar-refractivity contribution is 6.31. The van der Waals surface area contributed by atoms with Crippen molar-refractivity contribution in [1.82, 2.24) is 4.98 Å². The molecule has 2 aromatic rings. The largest absolute Gasteiger partial charge is 0.466 e. The van der Waals surface area contributed by atoms with Gasteiger partial charge in [0.1, 0.15) is 0 Å². The minimum absolute atomic E-state index is 0.195. The SMILES string of the molecule is CC(=O)OCCC1CC2Cc3nc4cc(Cl)ccc4c(N)c3C(C1)C2. The van der Waals surface area contributed by atoms with Gasteiger partial charge in [0, 0.05) is 34.3 Å². The van der Waals surface area contributed by atoms with Crippen LogP contribution in [0.5, 0.6) is 0 Å². The first kappa shape index (κ1) is 16.6. The molecule has 25 heavy (non-hydrogen) atoms. The number of esters is 1. The first-order valence-electron chi connectivity index (χ1n) is 9.02. The second-order valence-corrected chi connectivity index (χ2v) is 7.95. The lowest BCUT2D eigenvalue weighted by atomic mass is 9.65. The van der Waals surface area contributed by atoms with Crippen LogP contribution < -0.4 is 5.73 Å². The van der Waals surface area contributed by atoms with Crippen molar-refractivity contribution in [3.63, 3.8) is 0 Å². The zero-order valence-electron chi connectivity index (χ0n) is 14.4. The van der Waals surface area contributed by atoms with Gasteiger partial charge in [-0.25, -0.2) is 0 Å². The molecular formula is C20H23ClN2O2. The first-order valence-corrected chi connectivity index (χ1v) is 9.40. The average Bonchev–Trinajstić information content (AvgIpc) is 2.53. The maximum absolute atomic E-state index is 11.0. The second-order valence-electron chi connectivity index (χ2n) is 7.52. The number of carbonyl (C=O) groups excluding carboxylic acids is 1. The Labute approximate surface area is 152 Å². The lowest BCUT2D eigenvalue weighted by Gasteiger charge is -2.40. The molecule has 3 atom stereocenters. The lowest BCUT2D eigenvalue weighted by molar-refractivity contribution is -0.141. The average molecular weight is 359 g/mol. The summed E-state index contributed by atoms with van der Waals surface area (Å²) >= 11 is 6.12. The van der Waals surface area contributed by atoms with Crippen LogP contribution in [0.2, 0.25) is 5.02 Å². The van der Waals surface area contributed by atoms with Gasteiger partial charge in [-0.05, 0) is 68.1 Å². The molecule has 2 N–H and O–H groups in total. The second kappa shape index (κ2) is 6.49. The molecule has 2 bridgehead atoms. The molecule has 1 fully saturated rings. The number of rotatable bonds is 3. The minimum Gasteiger partial charge on any atom is -0.466 e. The predicted molar refractivity (Wildman–Crippen MR) is 99.7 cm³/mol. The lowest BCUT2D eigenvalue weighted by Crippen LogP contribution is -2.30. The normalized spacial score (nSPS) is 24.8. The third-order valence-electron chi connectivity index (χ3n) is 5.73. The number of ether oxygens (including phenoxy) is 1. The molecule has 1 aromatic heterocycles. The third-order valence-corrected chi connectivity index (χ3v) is 5.97. The monoisotopic (exact) mass is 358 g/mol. The van der Waals surface area contributed by atoms with Gasteiger partial charge in [-0.1, -0.05) is 11.6 Å². The summed E-state index contributed by atoms with van der Waals surface area (Å²) in [6.07, 6.45) is 5.42. The van der Waals surface area contributed by atoms with E-state index in [0.717, 1.165) is 41.5 Å². The Bertz CT molecular complexity index is 836. The van der Waals surface area contributed by atoms with Crippen molar-refractivity contribution in [3.05, 3.63) is 34.5 Å². The van der Waals surface area contributed by atoms with Crippen LogP contribution in [0.3, 0.4) is 0 Å². The zero-order chi connectivity index (χ0) is 17.6. The van der Waals surface area contributed by atoms with Gasteiger partial charge in [-0.2, -0.15) is 0 Å². The minimum atomic E-state index is -0.195. The van der Waals surface area contributed by atoms with Crippen molar-refractivity contribution in [2.75, 3.05) is 12.3 Å². The summed E-state index contributed by atoms with van der Waals surface area (Å²) in [7, 11) is 0. The highest BCUT2D eigenvalue weighted by atomic mass is 35.5. The Morgan fingerprint density at radius 3 is 3.00 bits per heavy atom. The van der Waals surface area contributed by atoms with E-state index in [9.17, 15) is 4.79 Å². The molecule has 4 rings (SSSR count). The number of hydrogen-bond donors (Lipinski definition) is 1. The predicted octanol–water partition coefficient (Wildman–Crippen LogP) is 4.48. The third kappa shape index (κ3) is 3.20. The summed E-state index contributed by atoms with van der Waals surface area (Å²) in [5.41, 5.74) is 10.7. The molecular weight excluding hydrogens is 336 g/mol. The van der Waals surface area contributed by atoms with Crippen LogP contribution in [-0.2, 0) is 16.0 Å². The number of aromatic nitrogens is 1. The Morgan fingerprint density at radius 1 is 1.36 bits per heavy atom. The smallest absolute Gasteiger partial charge is 0.302 e. The zero-order valence-corrected chi connectivity index (χ0v) is 15.2. The maximum atomic E-state index is 11.0. The van der Waals surface area contributed by atoms with Crippen molar-refractivity contribution in [1.29, 1.82) is 0 Å². The molecule has 0 aliphatic heterocycles. The number of benzene rings is 1. The van der Waals surface area contributed by atoms with Crippen LogP contribution >= 0.6 is 11.6 Å². The number of halogens is 1. The molecule has 0 spiro atoms. The number of nitrogens with two attached hydrogens (primary N) is 1. The van der Waals surface area contributed by atoms with Crippen LogP contribution in [0.4, 0.5) is 5.69 Å². The fourth-order valence-electron chi connectivity index (χ4n) is 4.79.